The normalized spacial score (nSPS) is 24.4. The van der Waals surface area contributed by atoms with E-state index in [-0.39, 0.29) is 18.0 Å². The molecule has 1 saturated heterocycles. The predicted molar refractivity (Wildman–Crippen MR) is 122 cm³/mol. The van der Waals surface area contributed by atoms with Crippen LogP contribution in [0.3, 0.4) is 0 Å². The molecule has 0 aromatic heterocycles. The van der Waals surface area contributed by atoms with Crippen molar-refractivity contribution in [3.05, 3.63) is 53.6 Å². The minimum absolute atomic E-state index is 0.00700. The lowest BCUT2D eigenvalue weighted by Crippen LogP contribution is -2.51. The van der Waals surface area contributed by atoms with Crippen LogP contribution in [-0.4, -0.2) is 49.3 Å². The van der Waals surface area contributed by atoms with E-state index in [0.29, 0.717) is 19.6 Å². The summed E-state index contributed by atoms with van der Waals surface area (Å²) in [5.74, 6) is -0.886. The van der Waals surface area contributed by atoms with Gasteiger partial charge in [0.1, 0.15) is 0 Å². The third-order valence-electron chi connectivity index (χ3n) is 6.65. The van der Waals surface area contributed by atoms with Crippen LogP contribution in [0.1, 0.15) is 43.5 Å². The van der Waals surface area contributed by atoms with E-state index >= 15 is 0 Å². The summed E-state index contributed by atoms with van der Waals surface area (Å²) < 4.78 is 5.49. The topological polar surface area (TPSA) is 85.4 Å². The van der Waals surface area contributed by atoms with Gasteiger partial charge in [-0.3, -0.25) is 9.80 Å². The van der Waals surface area contributed by atoms with Gasteiger partial charge >= 0.3 is 5.97 Å². The van der Waals surface area contributed by atoms with Gasteiger partial charge in [-0.2, -0.15) is 0 Å². The van der Waals surface area contributed by atoms with Crippen molar-refractivity contribution in [1.82, 2.24) is 5.43 Å². The first-order chi connectivity index (χ1) is 15.4. The molecule has 2 aromatic rings. The number of morpholine rings is 1. The summed E-state index contributed by atoms with van der Waals surface area (Å²) in [5.41, 5.74) is 8.05. The standard InChI is InChI=1S/C24H28N4O4/c1-15-13-21(25-28-18-5-3-17(4-6-18)23(28)24(30)31)20-14-19(26-9-11-32-12-10-26)7-8-22(20)27(15)16(2)29/h3-8,14-15,21,23,25H,9-13H2,1-2H3,(H,30,31). The first kappa shape index (κ1) is 20.8. The Labute approximate surface area is 187 Å². The Morgan fingerprint density at radius 3 is 2.41 bits per heavy atom. The van der Waals surface area contributed by atoms with Crippen LogP contribution in [0.2, 0.25) is 0 Å². The summed E-state index contributed by atoms with van der Waals surface area (Å²) in [5, 5.41) is 11.6. The predicted octanol–water partition coefficient (Wildman–Crippen LogP) is 2.86. The van der Waals surface area contributed by atoms with Crippen molar-refractivity contribution in [2.24, 2.45) is 0 Å². The summed E-state index contributed by atoms with van der Waals surface area (Å²) in [4.78, 5) is 28.6. The van der Waals surface area contributed by atoms with Crippen molar-refractivity contribution in [1.29, 1.82) is 0 Å². The number of amides is 1. The molecule has 2 bridgehead atoms. The molecular weight excluding hydrogens is 408 g/mol. The molecule has 1 fully saturated rings. The Balaban J connectivity index is 1.52. The highest BCUT2D eigenvalue weighted by molar-refractivity contribution is 5.94. The minimum atomic E-state index is -0.893. The Bertz CT molecular complexity index is 1030. The molecule has 8 heteroatoms. The van der Waals surface area contributed by atoms with Crippen LogP contribution in [0.5, 0.6) is 0 Å². The zero-order chi connectivity index (χ0) is 22.4. The Morgan fingerprint density at radius 2 is 1.75 bits per heavy atom. The lowest BCUT2D eigenvalue weighted by Gasteiger charge is -2.44. The molecule has 3 unspecified atom stereocenters. The molecule has 168 valence electrons. The van der Waals surface area contributed by atoms with Gasteiger partial charge in [-0.25, -0.2) is 10.2 Å². The zero-order valence-corrected chi connectivity index (χ0v) is 18.3. The highest BCUT2D eigenvalue weighted by Gasteiger charge is 2.38. The number of carbonyl (C=O) groups is 2. The second-order valence-corrected chi connectivity index (χ2v) is 8.70. The van der Waals surface area contributed by atoms with Crippen molar-refractivity contribution < 1.29 is 19.4 Å². The Hall–Kier alpha value is -3.10. The third-order valence-corrected chi connectivity index (χ3v) is 6.65. The molecule has 4 aliphatic heterocycles. The van der Waals surface area contributed by atoms with Crippen molar-refractivity contribution in [2.75, 3.05) is 41.1 Å². The SMILES string of the molecule is CC(=O)N1c2ccc(N3CCOCC3)cc2C(NN2c3ccc(cc3)C2C(=O)O)CC1C. The maximum absolute atomic E-state index is 12.5. The number of hydrogen-bond acceptors (Lipinski definition) is 6. The lowest BCUT2D eigenvalue weighted by molar-refractivity contribution is -0.139. The summed E-state index contributed by atoms with van der Waals surface area (Å²) in [6.45, 7) is 6.66. The van der Waals surface area contributed by atoms with E-state index in [9.17, 15) is 14.7 Å². The summed E-state index contributed by atoms with van der Waals surface area (Å²) in [7, 11) is 0. The van der Waals surface area contributed by atoms with Crippen LogP contribution in [0.4, 0.5) is 17.1 Å². The van der Waals surface area contributed by atoms with Crippen LogP contribution in [-0.2, 0) is 14.3 Å². The van der Waals surface area contributed by atoms with Gasteiger partial charge < -0.3 is 19.6 Å². The zero-order valence-electron chi connectivity index (χ0n) is 18.3. The average molecular weight is 437 g/mol. The fourth-order valence-corrected chi connectivity index (χ4v) is 5.16. The monoisotopic (exact) mass is 436 g/mol. The number of carboxylic acids is 1. The van der Waals surface area contributed by atoms with E-state index in [2.05, 4.69) is 22.5 Å². The van der Waals surface area contributed by atoms with E-state index in [1.807, 2.05) is 42.2 Å². The summed E-state index contributed by atoms with van der Waals surface area (Å²) in [6, 6.07) is 12.9. The van der Waals surface area contributed by atoms with Gasteiger partial charge in [0.15, 0.2) is 6.04 Å². The van der Waals surface area contributed by atoms with Gasteiger partial charge in [0.2, 0.25) is 5.91 Å². The molecule has 0 aliphatic carbocycles. The molecule has 2 aromatic carbocycles. The smallest absolute Gasteiger partial charge is 0.332 e. The van der Waals surface area contributed by atoms with Crippen molar-refractivity contribution in [2.45, 2.75) is 38.4 Å². The van der Waals surface area contributed by atoms with Gasteiger partial charge in [-0.05, 0) is 54.8 Å². The largest absolute Gasteiger partial charge is 0.479 e. The van der Waals surface area contributed by atoms with Crippen molar-refractivity contribution in [3.63, 3.8) is 0 Å². The number of anilines is 3. The number of nitrogens with one attached hydrogen (secondary N) is 1. The van der Waals surface area contributed by atoms with Crippen LogP contribution in [0, 0.1) is 0 Å². The lowest BCUT2D eigenvalue weighted by atomic mass is 9.91. The van der Waals surface area contributed by atoms with Gasteiger partial charge in [0.05, 0.1) is 24.9 Å². The molecule has 0 radical (unpaired) electrons. The molecule has 6 rings (SSSR count). The molecular formula is C24H28N4O4. The molecule has 0 spiro atoms. The number of fused-ring (bicyclic) bond motifs is 4. The maximum Gasteiger partial charge on any atom is 0.332 e. The van der Waals surface area contributed by atoms with Crippen LogP contribution >= 0.6 is 0 Å². The second-order valence-electron chi connectivity index (χ2n) is 8.70. The number of hydrogen-bond donors (Lipinski definition) is 2. The van der Waals surface area contributed by atoms with Gasteiger partial charge in [0, 0.05) is 37.4 Å². The molecule has 4 aliphatic rings. The second kappa shape index (κ2) is 8.11. The fraction of sp³-hybridized carbons (Fsp3) is 0.417. The van der Waals surface area contributed by atoms with Crippen LogP contribution < -0.4 is 20.2 Å². The number of carboxylic acid groups (broad SMARTS) is 1. The molecule has 0 saturated carbocycles. The van der Waals surface area contributed by atoms with Crippen molar-refractivity contribution in [3.8, 4) is 0 Å². The van der Waals surface area contributed by atoms with E-state index in [0.717, 1.165) is 41.3 Å². The number of ether oxygens (including phenoxy) is 1. The number of benzene rings is 2. The van der Waals surface area contributed by atoms with E-state index in [4.69, 9.17) is 4.74 Å². The number of hydrazine groups is 1. The minimum Gasteiger partial charge on any atom is -0.479 e. The molecule has 1 amide bonds. The molecule has 8 nitrogen and oxygen atoms in total. The highest BCUT2D eigenvalue weighted by Crippen LogP contribution is 2.42. The molecule has 3 atom stereocenters. The molecule has 4 heterocycles. The molecule has 2 N–H and O–H groups in total. The number of nitrogens with zero attached hydrogens (tertiary/aromatic N) is 3. The number of carbonyl (C=O) groups excluding carboxylic acids is 1. The first-order valence-corrected chi connectivity index (χ1v) is 11.1. The summed E-state index contributed by atoms with van der Waals surface area (Å²) >= 11 is 0. The maximum atomic E-state index is 12.5. The molecule has 32 heavy (non-hydrogen) atoms. The third kappa shape index (κ3) is 3.49. The van der Waals surface area contributed by atoms with Crippen molar-refractivity contribution >= 4 is 28.9 Å². The Morgan fingerprint density at radius 1 is 1.06 bits per heavy atom. The Kier molecular flexibility index (Phi) is 5.27. The van der Waals surface area contributed by atoms with E-state index in [1.165, 1.54) is 0 Å². The van der Waals surface area contributed by atoms with Gasteiger partial charge in [-0.1, -0.05) is 12.1 Å². The van der Waals surface area contributed by atoms with Gasteiger partial charge in [0.25, 0.3) is 0 Å². The van der Waals surface area contributed by atoms with E-state index < -0.39 is 12.0 Å². The average Bonchev–Trinajstić information content (AvgIpc) is 2.79. The number of aliphatic carboxylic acids is 1. The van der Waals surface area contributed by atoms with Gasteiger partial charge in [-0.15, -0.1) is 0 Å². The van der Waals surface area contributed by atoms with Crippen LogP contribution in [0.15, 0.2) is 42.5 Å². The fourth-order valence-electron chi connectivity index (χ4n) is 5.16. The van der Waals surface area contributed by atoms with E-state index in [1.54, 1.807) is 11.9 Å². The van der Waals surface area contributed by atoms with Crippen LogP contribution in [0.25, 0.3) is 0 Å². The quantitative estimate of drug-likeness (QED) is 0.762. The number of rotatable bonds is 4. The first-order valence-electron chi connectivity index (χ1n) is 11.1. The highest BCUT2D eigenvalue weighted by atomic mass is 16.5. The summed E-state index contributed by atoms with van der Waals surface area (Å²) in [6.07, 6.45) is 0.679.